The van der Waals surface area contributed by atoms with E-state index in [0.717, 1.165) is 12.2 Å². The smallest absolute Gasteiger partial charge is 0.350 e. The summed E-state index contributed by atoms with van der Waals surface area (Å²) in [5, 5.41) is 7.08. The number of hydrogen-bond donors (Lipinski definition) is 1. The van der Waals surface area contributed by atoms with E-state index in [4.69, 9.17) is 14.2 Å². The van der Waals surface area contributed by atoms with Crippen LogP contribution in [0.2, 0.25) is 0 Å². The molecule has 2 aromatic rings. The summed E-state index contributed by atoms with van der Waals surface area (Å²) in [6.45, 7) is 6.21. The Labute approximate surface area is 156 Å². The lowest BCUT2D eigenvalue weighted by atomic mass is 10.2. The lowest BCUT2D eigenvalue weighted by Crippen LogP contribution is -2.42. The Hall–Kier alpha value is -3.29. The summed E-state index contributed by atoms with van der Waals surface area (Å²) >= 11 is 0. The number of ether oxygens (including phenoxy) is 3. The van der Waals surface area contributed by atoms with E-state index in [1.807, 2.05) is 17.7 Å². The highest BCUT2D eigenvalue weighted by molar-refractivity contribution is 6.15. The first-order valence-corrected chi connectivity index (χ1v) is 8.55. The van der Waals surface area contributed by atoms with Crippen LogP contribution in [0.25, 0.3) is 0 Å². The van der Waals surface area contributed by atoms with Crippen molar-refractivity contribution in [1.29, 1.82) is 0 Å². The number of rotatable bonds is 6. The molecular weight excluding hydrogens is 350 g/mol. The molecule has 8 nitrogen and oxygen atoms in total. The van der Waals surface area contributed by atoms with Crippen molar-refractivity contribution in [2.24, 2.45) is 0 Å². The van der Waals surface area contributed by atoms with E-state index < -0.39 is 17.7 Å². The highest BCUT2D eigenvalue weighted by Gasteiger charge is 2.38. The average Bonchev–Trinajstić information content (AvgIpc) is 3.07. The Kier molecular flexibility index (Phi) is 5.16. The van der Waals surface area contributed by atoms with E-state index >= 15 is 0 Å². The summed E-state index contributed by atoms with van der Waals surface area (Å²) in [6, 6.07) is 9.03. The maximum atomic E-state index is 11.9. The SMILES string of the molecule is CCn1nccc1COc1ccc(NC=C2C(=O)OC(C)(C)OC2=O)cc1. The number of nitrogens with zero attached hydrogens (tertiary/aromatic N) is 2. The Balaban J connectivity index is 1.59. The molecule has 1 fully saturated rings. The summed E-state index contributed by atoms with van der Waals surface area (Å²) < 4.78 is 17.7. The zero-order valence-corrected chi connectivity index (χ0v) is 15.4. The highest BCUT2D eigenvalue weighted by Crippen LogP contribution is 2.23. The van der Waals surface area contributed by atoms with Gasteiger partial charge in [0.05, 0.1) is 5.69 Å². The molecule has 8 heteroatoms. The molecule has 2 heterocycles. The van der Waals surface area contributed by atoms with Crippen LogP contribution in [0.15, 0.2) is 48.3 Å². The van der Waals surface area contributed by atoms with Crippen molar-refractivity contribution in [3.8, 4) is 5.75 Å². The van der Waals surface area contributed by atoms with Gasteiger partial charge in [-0.2, -0.15) is 5.10 Å². The number of anilines is 1. The third kappa shape index (κ3) is 4.46. The molecule has 0 spiro atoms. The molecule has 27 heavy (non-hydrogen) atoms. The fourth-order valence-corrected chi connectivity index (χ4v) is 2.51. The summed E-state index contributed by atoms with van der Waals surface area (Å²) in [7, 11) is 0. The predicted molar refractivity (Wildman–Crippen MR) is 96.6 cm³/mol. The minimum absolute atomic E-state index is 0.192. The monoisotopic (exact) mass is 371 g/mol. The summed E-state index contributed by atoms with van der Waals surface area (Å²) in [5.41, 5.74) is 1.48. The predicted octanol–water partition coefficient (Wildman–Crippen LogP) is 2.61. The largest absolute Gasteiger partial charge is 0.487 e. The van der Waals surface area contributed by atoms with Gasteiger partial charge in [0, 0.05) is 38.5 Å². The standard InChI is InChI=1S/C19H21N3O5/c1-4-22-14(9-10-21-22)12-25-15-7-5-13(6-8-15)20-11-16-17(23)26-19(2,3)27-18(16)24/h5-11,20H,4,12H2,1-3H3. The molecule has 0 unspecified atom stereocenters. The van der Waals surface area contributed by atoms with Crippen molar-refractivity contribution >= 4 is 17.6 Å². The van der Waals surface area contributed by atoms with Gasteiger partial charge >= 0.3 is 11.9 Å². The number of carbonyl (C=O) groups excluding carboxylic acids is 2. The Bertz CT molecular complexity index is 846. The number of cyclic esters (lactones) is 2. The summed E-state index contributed by atoms with van der Waals surface area (Å²) in [5.74, 6) is -2.01. The minimum atomic E-state index is -1.25. The molecule has 0 amide bonds. The third-order valence-corrected chi connectivity index (χ3v) is 3.85. The fourth-order valence-electron chi connectivity index (χ4n) is 2.51. The number of aryl methyl sites for hydroxylation is 1. The van der Waals surface area contributed by atoms with Crippen LogP contribution < -0.4 is 10.1 Å². The van der Waals surface area contributed by atoms with Gasteiger partial charge in [-0.1, -0.05) is 0 Å². The van der Waals surface area contributed by atoms with Crippen LogP contribution in [0.1, 0.15) is 26.5 Å². The van der Waals surface area contributed by atoms with Crippen LogP contribution >= 0.6 is 0 Å². The van der Waals surface area contributed by atoms with E-state index in [2.05, 4.69) is 10.4 Å². The average molecular weight is 371 g/mol. The van der Waals surface area contributed by atoms with E-state index in [0.29, 0.717) is 18.0 Å². The van der Waals surface area contributed by atoms with Gasteiger partial charge < -0.3 is 19.5 Å². The van der Waals surface area contributed by atoms with Gasteiger partial charge in [-0.25, -0.2) is 9.59 Å². The number of carbonyl (C=O) groups is 2. The van der Waals surface area contributed by atoms with Gasteiger partial charge in [0.25, 0.3) is 5.79 Å². The zero-order chi connectivity index (χ0) is 19.4. The van der Waals surface area contributed by atoms with E-state index in [1.165, 1.54) is 20.0 Å². The first-order chi connectivity index (χ1) is 12.9. The molecule has 0 saturated carbocycles. The molecule has 142 valence electrons. The maximum absolute atomic E-state index is 11.9. The quantitative estimate of drug-likeness (QED) is 0.474. The second kappa shape index (κ2) is 7.53. The molecule has 1 N–H and O–H groups in total. The van der Waals surface area contributed by atoms with E-state index in [-0.39, 0.29) is 5.57 Å². The summed E-state index contributed by atoms with van der Waals surface area (Å²) in [6.07, 6.45) is 3.01. The van der Waals surface area contributed by atoms with Crippen LogP contribution in [-0.4, -0.2) is 27.5 Å². The summed E-state index contributed by atoms with van der Waals surface area (Å²) in [4.78, 5) is 23.8. The molecule has 1 aliphatic heterocycles. The van der Waals surface area contributed by atoms with E-state index in [9.17, 15) is 9.59 Å². The molecule has 3 rings (SSSR count). The van der Waals surface area contributed by atoms with Gasteiger partial charge in [-0.15, -0.1) is 0 Å². The molecular formula is C19H21N3O5. The second-order valence-electron chi connectivity index (χ2n) is 6.33. The molecule has 1 aliphatic rings. The van der Waals surface area contributed by atoms with Crippen molar-refractivity contribution in [2.45, 2.75) is 39.7 Å². The van der Waals surface area contributed by atoms with Crippen LogP contribution in [-0.2, 0) is 32.2 Å². The zero-order valence-electron chi connectivity index (χ0n) is 15.4. The normalized spacial score (nSPS) is 15.7. The first kappa shape index (κ1) is 18.5. The van der Waals surface area contributed by atoms with Gasteiger partial charge in [0.15, 0.2) is 5.57 Å². The number of benzene rings is 1. The molecule has 0 atom stereocenters. The molecule has 0 radical (unpaired) electrons. The van der Waals surface area contributed by atoms with Crippen LogP contribution in [0, 0.1) is 0 Å². The molecule has 0 bridgehead atoms. The first-order valence-electron chi connectivity index (χ1n) is 8.55. The fraction of sp³-hybridized carbons (Fsp3) is 0.316. The van der Waals surface area contributed by atoms with Crippen molar-refractivity contribution in [3.05, 3.63) is 54.0 Å². The Morgan fingerprint density at radius 2 is 1.81 bits per heavy atom. The lowest BCUT2D eigenvalue weighted by Gasteiger charge is -2.29. The second-order valence-corrected chi connectivity index (χ2v) is 6.33. The maximum Gasteiger partial charge on any atom is 0.350 e. The number of hydrogen-bond acceptors (Lipinski definition) is 7. The van der Waals surface area contributed by atoms with Crippen molar-refractivity contribution in [3.63, 3.8) is 0 Å². The van der Waals surface area contributed by atoms with Crippen molar-refractivity contribution in [1.82, 2.24) is 9.78 Å². The number of aromatic nitrogens is 2. The van der Waals surface area contributed by atoms with Crippen LogP contribution in [0.4, 0.5) is 5.69 Å². The molecule has 0 aliphatic carbocycles. The Morgan fingerprint density at radius 3 is 2.44 bits per heavy atom. The minimum Gasteiger partial charge on any atom is -0.487 e. The van der Waals surface area contributed by atoms with Crippen molar-refractivity contribution in [2.75, 3.05) is 5.32 Å². The van der Waals surface area contributed by atoms with Gasteiger partial charge in [0.1, 0.15) is 12.4 Å². The number of nitrogens with one attached hydrogen (secondary N) is 1. The third-order valence-electron chi connectivity index (χ3n) is 3.85. The highest BCUT2D eigenvalue weighted by atomic mass is 16.7. The molecule has 1 saturated heterocycles. The van der Waals surface area contributed by atoms with Gasteiger partial charge in [0.2, 0.25) is 0 Å². The van der Waals surface area contributed by atoms with Crippen LogP contribution in [0.5, 0.6) is 5.75 Å². The Morgan fingerprint density at radius 1 is 1.15 bits per heavy atom. The molecule has 1 aromatic heterocycles. The lowest BCUT2D eigenvalue weighted by molar-refractivity contribution is -0.222. The van der Waals surface area contributed by atoms with Crippen molar-refractivity contribution < 1.29 is 23.8 Å². The van der Waals surface area contributed by atoms with Crippen LogP contribution in [0.3, 0.4) is 0 Å². The molecule has 1 aromatic carbocycles. The van der Waals surface area contributed by atoms with Gasteiger partial charge in [-0.3, -0.25) is 4.68 Å². The van der Waals surface area contributed by atoms with E-state index in [1.54, 1.807) is 30.5 Å². The van der Waals surface area contributed by atoms with Gasteiger partial charge in [-0.05, 0) is 37.3 Å². The number of esters is 2. The topological polar surface area (TPSA) is 91.7 Å².